The van der Waals surface area contributed by atoms with Gasteiger partial charge in [0.2, 0.25) is 0 Å². The third-order valence-electron chi connectivity index (χ3n) is 3.00. The van der Waals surface area contributed by atoms with E-state index in [-0.39, 0.29) is 30.7 Å². The summed E-state index contributed by atoms with van der Waals surface area (Å²) in [5.41, 5.74) is 0. The van der Waals surface area contributed by atoms with Crippen LogP contribution in [0.1, 0.15) is 19.8 Å². The molecule has 2 N–H and O–H groups in total. The third kappa shape index (κ3) is 5.94. The lowest BCUT2D eigenvalue weighted by Crippen LogP contribution is -2.42. The number of amides is 1. The average Bonchev–Trinajstić information content (AvgIpc) is 2.90. The fraction of sp³-hybridized carbons (Fsp3) is 0.538. The number of aromatic nitrogens is 1. The molecule has 0 radical (unpaired) electrons. The Hall–Kier alpha value is -1.04. The van der Waals surface area contributed by atoms with Crippen LogP contribution in [0.5, 0.6) is 5.75 Å². The number of carbonyl (C=O) groups excluding carboxylic acids is 1. The predicted molar refractivity (Wildman–Crippen MR) is 82.9 cm³/mol. The molecule has 2 atom stereocenters. The molecule has 20 heavy (non-hydrogen) atoms. The Balaban J connectivity index is 0.00000180. The normalized spacial score (nSPS) is 18.4. The first-order chi connectivity index (χ1) is 8.75. The highest BCUT2D eigenvalue weighted by Gasteiger charge is 2.18. The summed E-state index contributed by atoms with van der Waals surface area (Å²) in [5, 5.41) is 6.23. The minimum Gasteiger partial charge on any atom is -0.479 e. The average molecular weight is 322 g/mol. The van der Waals surface area contributed by atoms with Gasteiger partial charge in [-0.2, -0.15) is 0 Å². The molecule has 7 heteroatoms. The van der Waals surface area contributed by atoms with Crippen molar-refractivity contribution in [1.82, 2.24) is 15.6 Å². The van der Waals surface area contributed by atoms with E-state index in [1.165, 1.54) is 6.42 Å². The molecular formula is C13H21Cl2N3O2. The maximum atomic E-state index is 11.8. The van der Waals surface area contributed by atoms with Crippen molar-refractivity contribution in [3.8, 4) is 5.75 Å². The first-order valence-electron chi connectivity index (χ1n) is 6.33. The van der Waals surface area contributed by atoms with E-state index in [0.717, 1.165) is 13.0 Å². The van der Waals surface area contributed by atoms with Crippen molar-refractivity contribution < 1.29 is 9.53 Å². The molecular weight excluding hydrogens is 301 g/mol. The molecule has 0 bridgehead atoms. The van der Waals surface area contributed by atoms with Gasteiger partial charge in [-0.3, -0.25) is 9.78 Å². The topological polar surface area (TPSA) is 63.2 Å². The highest BCUT2D eigenvalue weighted by Crippen LogP contribution is 2.09. The van der Waals surface area contributed by atoms with Gasteiger partial charge in [0.1, 0.15) is 5.75 Å². The van der Waals surface area contributed by atoms with E-state index < -0.39 is 6.10 Å². The minimum atomic E-state index is -0.504. The van der Waals surface area contributed by atoms with Crippen LogP contribution in [0.3, 0.4) is 0 Å². The molecule has 0 spiro atoms. The molecule has 0 aromatic carbocycles. The Kier molecular flexibility index (Phi) is 9.29. The number of nitrogens with one attached hydrogen (secondary N) is 2. The predicted octanol–water partition coefficient (Wildman–Crippen LogP) is 1.56. The molecule has 0 aliphatic carbocycles. The number of nitrogens with zero attached hydrogens (tertiary/aromatic N) is 1. The van der Waals surface area contributed by atoms with Crippen molar-refractivity contribution in [2.24, 2.45) is 0 Å². The van der Waals surface area contributed by atoms with E-state index in [2.05, 4.69) is 15.6 Å². The Morgan fingerprint density at radius 2 is 2.40 bits per heavy atom. The molecule has 2 unspecified atom stereocenters. The van der Waals surface area contributed by atoms with Gasteiger partial charge >= 0.3 is 0 Å². The largest absolute Gasteiger partial charge is 0.479 e. The van der Waals surface area contributed by atoms with Crippen molar-refractivity contribution >= 4 is 30.7 Å². The van der Waals surface area contributed by atoms with Crippen LogP contribution in [-0.4, -0.2) is 36.1 Å². The molecule has 0 saturated carbocycles. The van der Waals surface area contributed by atoms with Crippen LogP contribution in [-0.2, 0) is 4.79 Å². The van der Waals surface area contributed by atoms with E-state index in [1.807, 2.05) is 0 Å². The molecule has 1 aliphatic rings. The van der Waals surface area contributed by atoms with E-state index >= 15 is 0 Å². The van der Waals surface area contributed by atoms with Crippen LogP contribution >= 0.6 is 24.8 Å². The molecule has 114 valence electrons. The third-order valence-corrected chi connectivity index (χ3v) is 3.00. The summed E-state index contributed by atoms with van der Waals surface area (Å²) in [6, 6.07) is 3.97. The number of ether oxygens (including phenoxy) is 1. The van der Waals surface area contributed by atoms with Crippen molar-refractivity contribution in [2.75, 3.05) is 13.1 Å². The summed E-state index contributed by atoms with van der Waals surface area (Å²) in [6.45, 7) is 3.45. The fourth-order valence-corrected chi connectivity index (χ4v) is 1.97. The molecule has 2 rings (SSSR count). The maximum absolute atomic E-state index is 11.8. The zero-order valence-electron chi connectivity index (χ0n) is 11.4. The van der Waals surface area contributed by atoms with Crippen LogP contribution in [0.25, 0.3) is 0 Å². The Labute approximate surface area is 131 Å². The van der Waals surface area contributed by atoms with Gasteiger partial charge in [-0.15, -0.1) is 24.8 Å². The second kappa shape index (κ2) is 9.80. The van der Waals surface area contributed by atoms with E-state index in [9.17, 15) is 4.79 Å². The first kappa shape index (κ1) is 19.0. The lowest BCUT2D eigenvalue weighted by atomic mass is 10.2. The molecule has 5 nitrogen and oxygen atoms in total. The van der Waals surface area contributed by atoms with Gasteiger partial charge in [0, 0.05) is 18.8 Å². The van der Waals surface area contributed by atoms with Crippen molar-refractivity contribution in [3.05, 3.63) is 24.5 Å². The lowest BCUT2D eigenvalue weighted by molar-refractivity contribution is -0.127. The molecule has 1 amide bonds. The van der Waals surface area contributed by atoms with E-state index in [0.29, 0.717) is 18.3 Å². The summed E-state index contributed by atoms with van der Waals surface area (Å²) >= 11 is 0. The quantitative estimate of drug-likeness (QED) is 0.864. The number of halogens is 2. The number of rotatable bonds is 5. The maximum Gasteiger partial charge on any atom is 0.260 e. The second-order valence-electron chi connectivity index (χ2n) is 4.49. The van der Waals surface area contributed by atoms with Crippen molar-refractivity contribution in [1.29, 1.82) is 0 Å². The lowest BCUT2D eigenvalue weighted by Gasteiger charge is -2.16. The molecule has 1 fully saturated rings. The number of pyridine rings is 1. The van der Waals surface area contributed by atoms with Gasteiger partial charge in [0.05, 0.1) is 6.20 Å². The minimum absolute atomic E-state index is 0. The zero-order chi connectivity index (χ0) is 12.8. The van der Waals surface area contributed by atoms with Crippen LogP contribution in [0.15, 0.2) is 24.5 Å². The smallest absolute Gasteiger partial charge is 0.260 e. The standard InChI is InChI=1S/C13H19N3O2.2ClH/c1-10(18-12-5-3-6-14-9-12)13(17)16-8-11-4-2-7-15-11;;/h3,5-6,9-11,15H,2,4,7-8H2,1H3,(H,16,17);2*1H. The molecule has 1 saturated heterocycles. The van der Waals surface area contributed by atoms with Crippen molar-refractivity contribution in [3.63, 3.8) is 0 Å². The van der Waals surface area contributed by atoms with E-state index in [1.54, 1.807) is 31.5 Å². The van der Waals surface area contributed by atoms with Crippen LogP contribution in [0.4, 0.5) is 0 Å². The van der Waals surface area contributed by atoms with Crippen LogP contribution in [0, 0.1) is 0 Å². The molecule has 1 aromatic rings. The summed E-state index contributed by atoms with van der Waals surface area (Å²) < 4.78 is 5.50. The number of hydrogen-bond acceptors (Lipinski definition) is 4. The monoisotopic (exact) mass is 321 g/mol. The summed E-state index contributed by atoms with van der Waals surface area (Å²) in [4.78, 5) is 15.8. The van der Waals surface area contributed by atoms with Crippen LogP contribution < -0.4 is 15.4 Å². The van der Waals surface area contributed by atoms with Gasteiger partial charge < -0.3 is 15.4 Å². The number of carbonyl (C=O) groups is 1. The van der Waals surface area contributed by atoms with Gasteiger partial charge in [-0.25, -0.2) is 0 Å². The fourth-order valence-electron chi connectivity index (χ4n) is 1.97. The van der Waals surface area contributed by atoms with Gasteiger partial charge in [0.25, 0.3) is 5.91 Å². The Morgan fingerprint density at radius 1 is 1.60 bits per heavy atom. The zero-order valence-corrected chi connectivity index (χ0v) is 13.0. The van der Waals surface area contributed by atoms with E-state index in [4.69, 9.17) is 4.74 Å². The summed E-state index contributed by atoms with van der Waals surface area (Å²) in [6.07, 6.45) is 5.07. The molecule has 1 aliphatic heterocycles. The second-order valence-corrected chi connectivity index (χ2v) is 4.49. The van der Waals surface area contributed by atoms with Gasteiger partial charge in [0.15, 0.2) is 6.10 Å². The van der Waals surface area contributed by atoms with Crippen LogP contribution in [0.2, 0.25) is 0 Å². The van der Waals surface area contributed by atoms with Gasteiger partial charge in [-0.1, -0.05) is 0 Å². The highest BCUT2D eigenvalue weighted by molar-refractivity contribution is 5.85. The Morgan fingerprint density at radius 3 is 3.00 bits per heavy atom. The number of hydrogen-bond donors (Lipinski definition) is 2. The van der Waals surface area contributed by atoms with Crippen molar-refractivity contribution in [2.45, 2.75) is 31.9 Å². The van der Waals surface area contributed by atoms with Gasteiger partial charge in [-0.05, 0) is 38.4 Å². The Bertz CT molecular complexity index is 386. The molecule has 2 heterocycles. The molecule has 1 aromatic heterocycles. The summed E-state index contributed by atoms with van der Waals surface area (Å²) in [7, 11) is 0. The summed E-state index contributed by atoms with van der Waals surface area (Å²) in [5.74, 6) is 0.520. The first-order valence-corrected chi connectivity index (χ1v) is 6.33. The highest BCUT2D eigenvalue weighted by atomic mass is 35.5. The SMILES string of the molecule is CC(Oc1cccnc1)C(=O)NCC1CCCN1.Cl.Cl.